The molecule has 0 aliphatic heterocycles. The minimum atomic E-state index is -0.611. The number of methoxy groups -OCH3 is 1. The lowest BCUT2D eigenvalue weighted by Gasteiger charge is -2.06. The molecular weight excluding hydrogens is 445 g/mol. The van der Waals surface area contributed by atoms with Gasteiger partial charge in [-0.25, -0.2) is 4.98 Å². The van der Waals surface area contributed by atoms with Crippen LogP contribution in [0.5, 0.6) is 5.75 Å². The average Bonchev–Trinajstić information content (AvgIpc) is 3.16. The Labute approximate surface area is 185 Å². The van der Waals surface area contributed by atoms with Crippen LogP contribution in [-0.2, 0) is 0 Å². The molecule has 3 aromatic carbocycles. The van der Waals surface area contributed by atoms with Crippen molar-refractivity contribution in [2.24, 2.45) is 0 Å². The van der Waals surface area contributed by atoms with Gasteiger partial charge in [0.05, 0.1) is 22.6 Å². The van der Waals surface area contributed by atoms with Crippen LogP contribution in [0.15, 0.2) is 59.0 Å². The molecule has 0 atom stereocenters. The lowest BCUT2D eigenvalue weighted by Crippen LogP contribution is -2.12. The quantitative estimate of drug-likeness (QED) is 0.292. The summed E-state index contributed by atoms with van der Waals surface area (Å²) in [4.78, 5) is 27.6. The van der Waals surface area contributed by atoms with Gasteiger partial charge in [0.2, 0.25) is 5.89 Å². The van der Waals surface area contributed by atoms with E-state index in [1.165, 1.54) is 19.2 Å². The van der Waals surface area contributed by atoms with E-state index < -0.39 is 10.8 Å². The molecule has 0 aliphatic carbocycles. The van der Waals surface area contributed by atoms with Crippen LogP contribution < -0.4 is 10.1 Å². The smallest absolute Gasteiger partial charge is 0.311 e. The molecule has 156 valence electrons. The van der Waals surface area contributed by atoms with Crippen molar-refractivity contribution in [2.45, 2.75) is 0 Å². The lowest BCUT2D eigenvalue weighted by molar-refractivity contribution is -0.385. The predicted octanol–water partition coefficient (Wildman–Crippen LogP) is 5.97. The first-order valence-corrected chi connectivity index (χ1v) is 9.61. The molecule has 0 bridgehead atoms. The van der Waals surface area contributed by atoms with Gasteiger partial charge in [-0.05, 0) is 48.5 Å². The maximum atomic E-state index is 12.6. The summed E-state index contributed by atoms with van der Waals surface area (Å²) < 4.78 is 10.7. The second-order valence-corrected chi connectivity index (χ2v) is 7.27. The van der Waals surface area contributed by atoms with Gasteiger partial charge in [0.1, 0.15) is 5.52 Å². The Hall–Kier alpha value is -3.62. The SMILES string of the molecule is COc1ccc(C(=O)Nc2ccc3oc(-c4ccc(Cl)cc4Cl)nc3c2)cc1[N+](=O)[O-]. The Kier molecular flexibility index (Phi) is 5.50. The van der Waals surface area contributed by atoms with Gasteiger partial charge in [0, 0.05) is 22.3 Å². The molecule has 8 nitrogen and oxygen atoms in total. The second-order valence-electron chi connectivity index (χ2n) is 6.42. The number of anilines is 1. The van der Waals surface area contributed by atoms with Crippen LogP contribution >= 0.6 is 23.2 Å². The number of oxazole rings is 1. The van der Waals surface area contributed by atoms with Gasteiger partial charge in [0.25, 0.3) is 5.91 Å². The molecule has 0 radical (unpaired) electrons. The van der Waals surface area contributed by atoms with E-state index in [9.17, 15) is 14.9 Å². The Morgan fingerprint density at radius 1 is 1.13 bits per heavy atom. The molecular formula is C21H13Cl2N3O5. The number of nitro groups is 1. The summed E-state index contributed by atoms with van der Waals surface area (Å²) in [6.07, 6.45) is 0. The number of halogens is 2. The van der Waals surface area contributed by atoms with E-state index in [2.05, 4.69) is 10.3 Å². The molecule has 1 amide bonds. The van der Waals surface area contributed by atoms with Gasteiger partial charge in [-0.2, -0.15) is 0 Å². The number of carbonyl (C=O) groups is 1. The van der Waals surface area contributed by atoms with Crippen molar-refractivity contribution in [1.82, 2.24) is 4.98 Å². The highest BCUT2D eigenvalue weighted by Crippen LogP contribution is 2.33. The maximum Gasteiger partial charge on any atom is 0.311 e. The first-order chi connectivity index (χ1) is 14.9. The van der Waals surface area contributed by atoms with E-state index in [0.717, 1.165) is 6.07 Å². The number of nitro benzene ring substituents is 1. The number of hydrogen-bond acceptors (Lipinski definition) is 6. The number of nitrogens with zero attached hydrogens (tertiary/aromatic N) is 2. The van der Waals surface area contributed by atoms with Crippen molar-refractivity contribution in [3.8, 4) is 17.2 Å². The largest absolute Gasteiger partial charge is 0.490 e. The second kappa shape index (κ2) is 8.25. The summed E-state index contributed by atoms with van der Waals surface area (Å²) in [7, 11) is 1.32. The zero-order valence-electron chi connectivity index (χ0n) is 15.9. The highest BCUT2D eigenvalue weighted by Gasteiger charge is 2.19. The van der Waals surface area contributed by atoms with E-state index in [-0.39, 0.29) is 17.0 Å². The monoisotopic (exact) mass is 457 g/mol. The van der Waals surface area contributed by atoms with E-state index in [0.29, 0.717) is 38.3 Å². The van der Waals surface area contributed by atoms with Gasteiger partial charge >= 0.3 is 5.69 Å². The van der Waals surface area contributed by atoms with Gasteiger partial charge in [-0.1, -0.05) is 23.2 Å². The van der Waals surface area contributed by atoms with Gasteiger partial charge in [-0.3, -0.25) is 14.9 Å². The topological polar surface area (TPSA) is 108 Å². The fourth-order valence-corrected chi connectivity index (χ4v) is 3.45. The minimum Gasteiger partial charge on any atom is -0.490 e. The number of amides is 1. The summed E-state index contributed by atoms with van der Waals surface area (Å²) >= 11 is 12.1. The standard InChI is InChI=1S/C21H13Cl2N3O5/c1-30-19-6-2-11(8-17(19)26(28)29)20(27)24-13-4-7-18-16(10-13)25-21(31-18)14-5-3-12(22)9-15(14)23/h2-10H,1H3,(H,24,27). The Balaban J connectivity index is 1.61. The van der Waals surface area contributed by atoms with Crippen molar-refractivity contribution in [3.63, 3.8) is 0 Å². The number of ether oxygens (including phenoxy) is 1. The molecule has 1 heterocycles. The first-order valence-electron chi connectivity index (χ1n) is 8.85. The van der Waals surface area contributed by atoms with Crippen LogP contribution in [0.25, 0.3) is 22.6 Å². The summed E-state index contributed by atoms with van der Waals surface area (Å²) in [5.74, 6) is -0.139. The number of nitrogens with one attached hydrogen (secondary N) is 1. The molecule has 31 heavy (non-hydrogen) atoms. The molecule has 10 heteroatoms. The highest BCUT2D eigenvalue weighted by molar-refractivity contribution is 6.36. The first kappa shape index (κ1) is 20.6. The molecule has 0 spiro atoms. The summed E-state index contributed by atoms with van der Waals surface area (Å²) in [5.41, 5.74) is 1.84. The van der Waals surface area contributed by atoms with Gasteiger partial charge in [-0.15, -0.1) is 0 Å². The molecule has 4 aromatic rings. The van der Waals surface area contributed by atoms with Crippen molar-refractivity contribution in [2.75, 3.05) is 12.4 Å². The van der Waals surface area contributed by atoms with Crippen LogP contribution in [0, 0.1) is 10.1 Å². The van der Waals surface area contributed by atoms with Crippen molar-refractivity contribution in [1.29, 1.82) is 0 Å². The van der Waals surface area contributed by atoms with Gasteiger partial charge < -0.3 is 14.5 Å². The van der Waals surface area contributed by atoms with E-state index >= 15 is 0 Å². The van der Waals surface area contributed by atoms with E-state index in [4.69, 9.17) is 32.4 Å². The Morgan fingerprint density at radius 3 is 2.65 bits per heavy atom. The number of hydrogen-bond donors (Lipinski definition) is 1. The average molecular weight is 458 g/mol. The third-order valence-electron chi connectivity index (χ3n) is 4.44. The van der Waals surface area contributed by atoms with Crippen LogP contribution in [-0.4, -0.2) is 22.9 Å². The molecule has 0 saturated heterocycles. The molecule has 4 rings (SSSR count). The van der Waals surface area contributed by atoms with Crippen molar-refractivity contribution in [3.05, 3.63) is 80.3 Å². The fourth-order valence-electron chi connectivity index (χ4n) is 2.96. The van der Waals surface area contributed by atoms with E-state index in [1.807, 2.05) is 0 Å². The molecule has 0 unspecified atom stereocenters. The van der Waals surface area contributed by atoms with Crippen LogP contribution in [0.2, 0.25) is 10.0 Å². The number of rotatable bonds is 5. The molecule has 0 fully saturated rings. The zero-order valence-corrected chi connectivity index (χ0v) is 17.4. The highest BCUT2D eigenvalue weighted by atomic mass is 35.5. The summed E-state index contributed by atoms with van der Waals surface area (Å²) in [6.45, 7) is 0. The van der Waals surface area contributed by atoms with Crippen LogP contribution in [0.4, 0.5) is 11.4 Å². The third kappa shape index (κ3) is 4.16. The van der Waals surface area contributed by atoms with Crippen molar-refractivity contribution >= 4 is 51.6 Å². The maximum absolute atomic E-state index is 12.6. The number of benzene rings is 3. The predicted molar refractivity (Wildman–Crippen MR) is 117 cm³/mol. The van der Waals surface area contributed by atoms with E-state index in [1.54, 1.807) is 36.4 Å². The normalized spacial score (nSPS) is 10.8. The Morgan fingerprint density at radius 2 is 1.94 bits per heavy atom. The van der Waals surface area contributed by atoms with Crippen LogP contribution in [0.3, 0.4) is 0 Å². The Bertz CT molecular complexity index is 1340. The molecule has 1 N–H and O–H groups in total. The molecule has 0 aliphatic rings. The van der Waals surface area contributed by atoms with Crippen LogP contribution in [0.1, 0.15) is 10.4 Å². The fraction of sp³-hybridized carbons (Fsp3) is 0.0476. The zero-order chi connectivity index (χ0) is 22.1. The molecule has 1 aromatic heterocycles. The van der Waals surface area contributed by atoms with Crippen molar-refractivity contribution < 1.29 is 18.9 Å². The number of fused-ring (bicyclic) bond motifs is 1. The van der Waals surface area contributed by atoms with Gasteiger partial charge in [0.15, 0.2) is 11.3 Å². The summed E-state index contributed by atoms with van der Waals surface area (Å²) in [5, 5.41) is 14.8. The minimum absolute atomic E-state index is 0.0685. The lowest BCUT2D eigenvalue weighted by atomic mass is 10.1. The molecule has 0 saturated carbocycles. The number of aromatic nitrogens is 1. The summed E-state index contributed by atoms with van der Waals surface area (Å²) in [6, 6.07) is 13.9. The number of carbonyl (C=O) groups excluding carboxylic acids is 1. The third-order valence-corrected chi connectivity index (χ3v) is 4.99.